The van der Waals surface area contributed by atoms with Gasteiger partial charge < -0.3 is 4.74 Å². The number of aromatic nitrogens is 2. The van der Waals surface area contributed by atoms with Crippen molar-refractivity contribution in [3.05, 3.63) is 41.8 Å². The van der Waals surface area contributed by atoms with E-state index in [1.165, 1.54) is 7.11 Å². The number of rotatable bonds is 2. The molecule has 4 heteroatoms. The molecule has 0 radical (unpaired) electrons. The number of methoxy groups -OCH3 is 1. The summed E-state index contributed by atoms with van der Waals surface area (Å²) in [4.78, 5) is 8.12. The van der Waals surface area contributed by atoms with Gasteiger partial charge in [0.05, 0.1) is 7.11 Å². The zero-order valence-corrected chi connectivity index (χ0v) is 8.90. The Kier molecular flexibility index (Phi) is 2.83. The van der Waals surface area contributed by atoms with Crippen molar-refractivity contribution in [1.29, 1.82) is 0 Å². The average molecular weight is 221 g/mol. The summed E-state index contributed by atoms with van der Waals surface area (Å²) in [6.07, 6.45) is 5.20. The molecule has 0 fully saturated rings. The van der Waals surface area contributed by atoms with Gasteiger partial charge >= 0.3 is 0 Å². The molecule has 2 aromatic heterocycles. The van der Waals surface area contributed by atoms with Gasteiger partial charge in [-0.2, -0.15) is 0 Å². The Morgan fingerprint density at radius 3 is 2.73 bits per heavy atom. The monoisotopic (exact) mass is 220 g/mol. The van der Waals surface area contributed by atoms with E-state index in [1.807, 2.05) is 18.2 Å². The zero-order chi connectivity index (χ0) is 10.7. The molecule has 0 aliphatic heterocycles. The van der Waals surface area contributed by atoms with Gasteiger partial charge in [0.2, 0.25) is 5.88 Å². The highest BCUT2D eigenvalue weighted by Crippen LogP contribution is 2.26. The highest BCUT2D eigenvalue weighted by molar-refractivity contribution is 6.32. The number of halogens is 1. The van der Waals surface area contributed by atoms with Gasteiger partial charge in [0.25, 0.3) is 0 Å². The maximum absolute atomic E-state index is 5.97. The van der Waals surface area contributed by atoms with Crippen molar-refractivity contribution < 1.29 is 4.74 Å². The lowest BCUT2D eigenvalue weighted by atomic mass is 10.1. The molecule has 0 saturated heterocycles. The van der Waals surface area contributed by atoms with Crippen LogP contribution in [0.4, 0.5) is 0 Å². The van der Waals surface area contributed by atoms with Crippen LogP contribution in [0, 0.1) is 0 Å². The summed E-state index contributed by atoms with van der Waals surface area (Å²) in [5.41, 5.74) is 1.91. The Bertz CT molecular complexity index is 459. The lowest BCUT2D eigenvalue weighted by Gasteiger charge is -2.04. The molecule has 2 aromatic rings. The minimum atomic E-state index is 0.435. The predicted molar refractivity (Wildman–Crippen MR) is 59.0 cm³/mol. The normalized spacial score (nSPS) is 10.0. The third-order valence-corrected chi connectivity index (χ3v) is 2.27. The number of pyridine rings is 2. The molecule has 0 bridgehead atoms. The van der Waals surface area contributed by atoms with E-state index >= 15 is 0 Å². The maximum atomic E-state index is 5.97. The molecule has 0 aliphatic rings. The van der Waals surface area contributed by atoms with E-state index in [9.17, 15) is 0 Å². The number of ether oxygens (including phenoxy) is 1. The number of nitrogens with zero attached hydrogens (tertiary/aromatic N) is 2. The van der Waals surface area contributed by atoms with E-state index in [-0.39, 0.29) is 0 Å². The van der Waals surface area contributed by atoms with Crippen molar-refractivity contribution in [1.82, 2.24) is 9.97 Å². The second-order valence-corrected chi connectivity index (χ2v) is 3.36. The zero-order valence-electron chi connectivity index (χ0n) is 8.14. The molecule has 3 nitrogen and oxygen atoms in total. The molecule has 15 heavy (non-hydrogen) atoms. The molecule has 2 rings (SSSR count). The summed E-state index contributed by atoms with van der Waals surface area (Å²) in [5.74, 6) is 0.435. The van der Waals surface area contributed by atoms with Crippen LogP contribution in [0.3, 0.4) is 0 Å². The minimum absolute atomic E-state index is 0.435. The average Bonchev–Trinajstić information content (AvgIpc) is 2.30. The summed E-state index contributed by atoms with van der Waals surface area (Å²) < 4.78 is 4.98. The second-order valence-electron chi connectivity index (χ2n) is 2.96. The number of hydrogen-bond acceptors (Lipinski definition) is 3. The molecular formula is C11H9ClN2O. The topological polar surface area (TPSA) is 35.0 Å². The van der Waals surface area contributed by atoms with Gasteiger partial charge in [-0.25, -0.2) is 4.98 Å². The fourth-order valence-corrected chi connectivity index (χ4v) is 1.51. The van der Waals surface area contributed by atoms with Crippen molar-refractivity contribution in [3.8, 4) is 17.0 Å². The van der Waals surface area contributed by atoms with Gasteiger partial charge in [0.15, 0.2) is 0 Å². The Morgan fingerprint density at radius 2 is 2.13 bits per heavy atom. The van der Waals surface area contributed by atoms with Crippen molar-refractivity contribution in [3.63, 3.8) is 0 Å². The van der Waals surface area contributed by atoms with Crippen molar-refractivity contribution in [2.75, 3.05) is 7.11 Å². The summed E-state index contributed by atoms with van der Waals surface area (Å²) in [7, 11) is 1.54. The molecule has 76 valence electrons. The molecule has 0 N–H and O–H groups in total. The van der Waals surface area contributed by atoms with Gasteiger partial charge in [-0.05, 0) is 12.1 Å². The van der Waals surface area contributed by atoms with Crippen molar-refractivity contribution in [2.45, 2.75) is 0 Å². The molecule has 0 spiro atoms. The summed E-state index contributed by atoms with van der Waals surface area (Å²) in [6, 6.07) is 5.63. The van der Waals surface area contributed by atoms with Gasteiger partial charge in [0, 0.05) is 29.7 Å². The standard InChI is InChI=1S/C11H9ClN2O/c1-15-11-10(12)5-9(7-14-11)8-3-2-4-13-6-8/h2-7H,1H3. The van der Waals surface area contributed by atoms with Crippen LogP contribution in [0.2, 0.25) is 5.02 Å². The molecule has 0 unspecified atom stereocenters. The highest BCUT2D eigenvalue weighted by Gasteiger charge is 2.04. The summed E-state index contributed by atoms with van der Waals surface area (Å²) >= 11 is 5.97. The first-order chi connectivity index (χ1) is 7.31. The molecule has 0 atom stereocenters. The lowest BCUT2D eigenvalue weighted by molar-refractivity contribution is 0.398. The third-order valence-electron chi connectivity index (χ3n) is 2.00. The largest absolute Gasteiger partial charge is 0.480 e. The van der Waals surface area contributed by atoms with E-state index in [1.54, 1.807) is 18.6 Å². The van der Waals surface area contributed by atoms with Gasteiger partial charge in [-0.3, -0.25) is 4.98 Å². The smallest absolute Gasteiger partial charge is 0.232 e. The Hall–Kier alpha value is -1.61. The summed E-state index contributed by atoms with van der Waals surface area (Å²) in [6.45, 7) is 0. The van der Waals surface area contributed by atoms with Gasteiger partial charge in [0.1, 0.15) is 5.02 Å². The highest BCUT2D eigenvalue weighted by atomic mass is 35.5. The molecular weight excluding hydrogens is 212 g/mol. The molecule has 0 amide bonds. The van der Waals surface area contributed by atoms with Crippen LogP contribution in [0.25, 0.3) is 11.1 Å². The summed E-state index contributed by atoms with van der Waals surface area (Å²) in [5, 5.41) is 0.499. The minimum Gasteiger partial charge on any atom is -0.480 e. The SMILES string of the molecule is COc1ncc(-c2cccnc2)cc1Cl. The third kappa shape index (κ3) is 2.07. The van der Waals surface area contributed by atoms with Crippen LogP contribution >= 0.6 is 11.6 Å². The predicted octanol–water partition coefficient (Wildman–Crippen LogP) is 2.81. The maximum Gasteiger partial charge on any atom is 0.232 e. The Labute approximate surface area is 92.7 Å². The fourth-order valence-electron chi connectivity index (χ4n) is 1.27. The van der Waals surface area contributed by atoms with Crippen molar-refractivity contribution >= 4 is 11.6 Å². The van der Waals surface area contributed by atoms with E-state index < -0.39 is 0 Å². The molecule has 2 heterocycles. The van der Waals surface area contributed by atoms with Crippen LogP contribution in [-0.4, -0.2) is 17.1 Å². The van der Waals surface area contributed by atoms with Gasteiger partial charge in [-0.15, -0.1) is 0 Å². The second kappa shape index (κ2) is 4.28. The van der Waals surface area contributed by atoms with Gasteiger partial charge in [-0.1, -0.05) is 17.7 Å². The molecule has 0 aliphatic carbocycles. The van der Waals surface area contributed by atoms with Crippen molar-refractivity contribution in [2.24, 2.45) is 0 Å². The van der Waals surface area contributed by atoms with E-state index in [4.69, 9.17) is 16.3 Å². The van der Waals surface area contributed by atoms with E-state index in [0.717, 1.165) is 11.1 Å². The number of hydrogen-bond donors (Lipinski definition) is 0. The van der Waals surface area contributed by atoms with Crippen LogP contribution < -0.4 is 4.74 Å². The quantitative estimate of drug-likeness (QED) is 0.781. The molecule has 0 saturated carbocycles. The first kappa shape index (κ1) is 9.93. The molecule has 0 aromatic carbocycles. The van der Waals surface area contributed by atoms with Crippen LogP contribution in [0.5, 0.6) is 5.88 Å². The lowest BCUT2D eigenvalue weighted by Crippen LogP contribution is -1.89. The Balaban J connectivity index is 2.43. The van der Waals surface area contributed by atoms with Crippen LogP contribution in [0.15, 0.2) is 36.8 Å². The fraction of sp³-hybridized carbons (Fsp3) is 0.0909. The van der Waals surface area contributed by atoms with Crippen LogP contribution in [0.1, 0.15) is 0 Å². The Morgan fingerprint density at radius 1 is 1.27 bits per heavy atom. The first-order valence-corrected chi connectivity index (χ1v) is 4.79. The van der Waals surface area contributed by atoms with E-state index in [2.05, 4.69) is 9.97 Å². The van der Waals surface area contributed by atoms with E-state index in [0.29, 0.717) is 10.9 Å². The first-order valence-electron chi connectivity index (χ1n) is 4.41. The van der Waals surface area contributed by atoms with Crippen LogP contribution in [-0.2, 0) is 0 Å².